The van der Waals surface area contributed by atoms with Gasteiger partial charge in [0.15, 0.2) is 0 Å². The third-order valence-corrected chi connectivity index (χ3v) is 12.0. The number of carbonyl (C=O) groups is 4. The minimum atomic E-state index is -1.54. The van der Waals surface area contributed by atoms with Crippen molar-refractivity contribution in [1.82, 2.24) is 0 Å². The SMILES string of the molecule is O=C1C2CC=C3C(CC4C(=O)N(c5cccc(Cl)c5)C(=O)C4(c4ccccc4)C3c3ccc4ccccc4c3O)C2C(=O)N1c1ccc([N+](=O)[O-])cc1. The van der Waals surface area contributed by atoms with Crippen LogP contribution >= 0.6 is 11.6 Å². The molecule has 5 aromatic rings. The minimum Gasteiger partial charge on any atom is -0.507 e. The van der Waals surface area contributed by atoms with Crippen molar-refractivity contribution in [3.63, 3.8) is 0 Å². The second-order valence-corrected chi connectivity index (χ2v) is 14.5. The number of non-ortho nitro benzene ring substituents is 1. The summed E-state index contributed by atoms with van der Waals surface area (Å²) in [6.45, 7) is 0. The number of halogens is 1. The third kappa shape index (κ3) is 4.58. The van der Waals surface area contributed by atoms with Crippen LogP contribution in [0.5, 0.6) is 5.75 Å². The number of fused-ring (bicyclic) bond motifs is 5. The fraction of sp³-hybridized carbons (Fsp3) is 0.190. The van der Waals surface area contributed by atoms with E-state index < -0.39 is 63.6 Å². The molecule has 4 amide bonds. The molecule has 3 fully saturated rings. The van der Waals surface area contributed by atoms with Crippen LogP contribution in [0.2, 0.25) is 5.02 Å². The standard InChI is InChI=1S/C42H30ClN3O7/c43-25-10-6-11-28(21-25)45-39(49)34-22-33-30(19-20-31-35(33)40(50)44(38(31)48)26-14-16-27(17-15-26)46(52)53)36(42(34,41(45)51)24-8-2-1-3-9-24)32-18-13-23-7-4-5-12-29(23)37(32)47/h1-19,21,31,33-36,47H,20,22H2. The van der Waals surface area contributed by atoms with E-state index in [0.29, 0.717) is 32.8 Å². The maximum Gasteiger partial charge on any atom is 0.269 e. The van der Waals surface area contributed by atoms with Gasteiger partial charge in [0.2, 0.25) is 23.6 Å². The van der Waals surface area contributed by atoms with E-state index in [-0.39, 0.29) is 30.0 Å². The van der Waals surface area contributed by atoms with E-state index in [1.165, 1.54) is 29.2 Å². The molecule has 0 aromatic heterocycles. The van der Waals surface area contributed by atoms with Gasteiger partial charge in [0.25, 0.3) is 5.69 Å². The van der Waals surface area contributed by atoms with Crippen molar-refractivity contribution in [2.75, 3.05) is 9.80 Å². The summed E-state index contributed by atoms with van der Waals surface area (Å²) in [5, 5.41) is 25.2. The molecular formula is C42H30ClN3O7. The lowest BCUT2D eigenvalue weighted by atomic mass is 9.49. The number of imide groups is 2. The molecule has 0 bridgehead atoms. The van der Waals surface area contributed by atoms with E-state index in [9.17, 15) is 29.6 Å². The van der Waals surface area contributed by atoms with Crippen molar-refractivity contribution in [2.45, 2.75) is 24.2 Å². The van der Waals surface area contributed by atoms with Crippen LogP contribution in [-0.2, 0) is 24.6 Å². The number of benzene rings is 5. The van der Waals surface area contributed by atoms with Gasteiger partial charge in [0, 0.05) is 34.0 Å². The fourth-order valence-electron chi connectivity index (χ4n) is 9.57. The normalized spacial score (nSPS) is 26.4. The number of hydrogen-bond donors (Lipinski definition) is 1. The highest BCUT2D eigenvalue weighted by Crippen LogP contribution is 2.65. The number of carbonyl (C=O) groups excluding carboxylic acids is 4. The summed E-state index contributed by atoms with van der Waals surface area (Å²) in [5.74, 6) is -6.04. The Morgan fingerprint density at radius 3 is 2.23 bits per heavy atom. The number of nitro groups is 1. The lowest BCUT2D eigenvalue weighted by Gasteiger charge is -2.50. The Labute approximate surface area is 308 Å². The molecule has 262 valence electrons. The van der Waals surface area contributed by atoms with Gasteiger partial charge in [-0.2, -0.15) is 0 Å². The maximum absolute atomic E-state index is 15.5. The van der Waals surface area contributed by atoms with Crippen molar-refractivity contribution < 1.29 is 29.2 Å². The zero-order valence-corrected chi connectivity index (χ0v) is 28.7. The van der Waals surface area contributed by atoms with Gasteiger partial charge >= 0.3 is 0 Å². The highest BCUT2D eigenvalue weighted by molar-refractivity contribution is 6.32. The van der Waals surface area contributed by atoms with Crippen molar-refractivity contribution in [1.29, 1.82) is 0 Å². The van der Waals surface area contributed by atoms with Crippen LogP contribution in [-0.4, -0.2) is 33.7 Å². The molecule has 5 aromatic carbocycles. The molecule has 53 heavy (non-hydrogen) atoms. The second-order valence-electron chi connectivity index (χ2n) is 14.1. The molecule has 2 aliphatic carbocycles. The van der Waals surface area contributed by atoms with Gasteiger partial charge in [-0.25, -0.2) is 4.90 Å². The molecule has 6 atom stereocenters. The first-order valence-corrected chi connectivity index (χ1v) is 17.7. The number of hydrogen-bond acceptors (Lipinski definition) is 7. The molecule has 0 spiro atoms. The lowest BCUT2D eigenvalue weighted by Crippen LogP contribution is -2.53. The molecule has 2 heterocycles. The summed E-state index contributed by atoms with van der Waals surface area (Å²) in [6.07, 6.45) is 2.20. The first kappa shape index (κ1) is 32.8. The monoisotopic (exact) mass is 723 g/mol. The van der Waals surface area contributed by atoms with Crippen LogP contribution in [0.15, 0.2) is 127 Å². The number of phenolic OH excluding ortho intramolecular Hbond substituents is 1. The van der Waals surface area contributed by atoms with Crippen molar-refractivity contribution >= 4 is 63.1 Å². The van der Waals surface area contributed by atoms with Crippen molar-refractivity contribution in [2.24, 2.45) is 23.7 Å². The molecular weight excluding hydrogens is 694 g/mol. The molecule has 6 unspecified atom stereocenters. The van der Waals surface area contributed by atoms with E-state index in [2.05, 4.69) is 0 Å². The minimum absolute atomic E-state index is 0.0337. The van der Waals surface area contributed by atoms with E-state index in [1.807, 2.05) is 60.7 Å². The van der Waals surface area contributed by atoms with Crippen LogP contribution in [0, 0.1) is 33.8 Å². The smallest absolute Gasteiger partial charge is 0.269 e. The number of aromatic hydroxyl groups is 1. The van der Waals surface area contributed by atoms with Crippen LogP contribution in [0.4, 0.5) is 17.1 Å². The van der Waals surface area contributed by atoms with Crippen LogP contribution in [0.1, 0.15) is 29.9 Å². The first-order valence-electron chi connectivity index (χ1n) is 17.3. The molecule has 9 rings (SSSR count). The lowest BCUT2D eigenvalue weighted by molar-refractivity contribution is -0.384. The summed E-state index contributed by atoms with van der Waals surface area (Å²) >= 11 is 6.40. The molecule has 0 radical (unpaired) electrons. The van der Waals surface area contributed by atoms with Gasteiger partial charge in [-0.05, 0) is 60.0 Å². The van der Waals surface area contributed by atoms with Gasteiger partial charge in [-0.3, -0.25) is 34.2 Å². The van der Waals surface area contributed by atoms with E-state index in [1.54, 1.807) is 36.4 Å². The zero-order valence-electron chi connectivity index (χ0n) is 28.0. The number of phenols is 1. The fourth-order valence-corrected chi connectivity index (χ4v) is 9.76. The zero-order chi connectivity index (χ0) is 36.8. The second kappa shape index (κ2) is 12.0. The molecule has 11 heteroatoms. The Morgan fingerprint density at radius 1 is 0.755 bits per heavy atom. The predicted octanol–water partition coefficient (Wildman–Crippen LogP) is 7.47. The van der Waals surface area contributed by atoms with E-state index in [0.717, 1.165) is 10.3 Å². The number of amides is 4. The topological polar surface area (TPSA) is 138 Å². The molecule has 1 saturated carbocycles. The molecule has 4 aliphatic rings. The Hall–Kier alpha value is -6.13. The number of anilines is 2. The quantitative estimate of drug-likeness (QED) is 0.0859. The van der Waals surface area contributed by atoms with Crippen LogP contribution in [0.25, 0.3) is 10.8 Å². The number of nitrogens with zero attached hydrogens (tertiary/aromatic N) is 3. The van der Waals surface area contributed by atoms with Gasteiger partial charge in [-0.15, -0.1) is 0 Å². The largest absolute Gasteiger partial charge is 0.507 e. The van der Waals surface area contributed by atoms with Gasteiger partial charge in [0.1, 0.15) is 5.75 Å². The number of rotatable bonds is 5. The Morgan fingerprint density at radius 2 is 1.49 bits per heavy atom. The van der Waals surface area contributed by atoms with Gasteiger partial charge in [0.05, 0.1) is 39.5 Å². The number of allylic oxidation sites excluding steroid dienone is 2. The first-order chi connectivity index (χ1) is 25.6. The molecule has 2 aliphatic heterocycles. The van der Waals surface area contributed by atoms with Crippen molar-refractivity contribution in [3.8, 4) is 5.75 Å². The molecule has 2 saturated heterocycles. The molecule has 10 nitrogen and oxygen atoms in total. The van der Waals surface area contributed by atoms with Crippen LogP contribution in [0.3, 0.4) is 0 Å². The summed E-state index contributed by atoms with van der Waals surface area (Å²) < 4.78 is 0. The van der Waals surface area contributed by atoms with E-state index >= 15 is 4.79 Å². The summed E-state index contributed by atoms with van der Waals surface area (Å²) in [4.78, 5) is 72.1. The average Bonchev–Trinajstić information content (AvgIpc) is 3.56. The van der Waals surface area contributed by atoms with Gasteiger partial charge < -0.3 is 5.11 Å². The predicted molar refractivity (Wildman–Crippen MR) is 197 cm³/mol. The maximum atomic E-state index is 15.5. The highest BCUT2D eigenvalue weighted by atomic mass is 35.5. The van der Waals surface area contributed by atoms with Gasteiger partial charge in [-0.1, -0.05) is 96.0 Å². The summed E-state index contributed by atoms with van der Waals surface area (Å²) in [5.41, 5.74) is 0.546. The molecule has 1 N–H and O–H groups in total. The summed E-state index contributed by atoms with van der Waals surface area (Å²) in [6, 6.07) is 32.0. The highest BCUT2D eigenvalue weighted by Gasteiger charge is 2.70. The Kier molecular flexibility index (Phi) is 7.39. The third-order valence-electron chi connectivity index (χ3n) is 11.7. The summed E-state index contributed by atoms with van der Waals surface area (Å²) in [7, 11) is 0. The van der Waals surface area contributed by atoms with Crippen molar-refractivity contribution in [3.05, 3.63) is 153 Å². The average molecular weight is 724 g/mol. The Bertz CT molecular complexity index is 2450. The van der Waals surface area contributed by atoms with E-state index in [4.69, 9.17) is 11.6 Å². The number of nitro benzene ring substituents is 1. The van der Waals surface area contributed by atoms with Crippen LogP contribution < -0.4 is 9.80 Å². The Balaban J connectivity index is 1.27.